The zero-order valence-corrected chi connectivity index (χ0v) is 15.0. The van der Waals surface area contributed by atoms with E-state index in [2.05, 4.69) is 9.89 Å². The van der Waals surface area contributed by atoms with Crippen LogP contribution in [0.15, 0.2) is 17.1 Å². The molecular weight excluding hydrogens is 331 g/mol. The second kappa shape index (κ2) is 8.19. The standard InChI is InChI=1S/C18H26F3N3O/c1-4-12(2)17(22)23-16-13(3)9-15(18(19,20)21)10-14(16)11-24-5-7-25-8-6-24/h9-10,12H,4-8,11H2,1-3H3,(H2,22,23). The average molecular weight is 357 g/mol. The third-order valence-corrected chi connectivity index (χ3v) is 4.56. The van der Waals surface area contributed by atoms with Crippen molar-refractivity contribution in [3.05, 3.63) is 28.8 Å². The third-order valence-electron chi connectivity index (χ3n) is 4.56. The lowest BCUT2D eigenvalue weighted by molar-refractivity contribution is -0.137. The molecule has 0 bridgehead atoms. The molecule has 2 N–H and O–H groups in total. The minimum atomic E-state index is -4.38. The summed E-state index contributed by atoms with van der Waals surface area (Å²) in [5.41, 5.74) is 7.00. The van der Waals surface area contributed by atoms with Crippen LogP contribution in [0.1, 0.15) is 37.0 Å². The highest BCUT2D eigenvalue weighted by Gasteiger charge is 2.32. The second-order valence-electron chi connectivity index (χ2n) is 6.53. The van der Waals surface area contributed by atoms with E-state index in [9.17, 15) is 13.2 Å². The molecule has 1 atom stereocenters. The van der Waals surface area contributed by atoms with Crippen LogP contribution in [-0.4, -0.2) is 37.0 Å². The number of rotatable bonds is 5. The van der Waals surface area contributed by atoms with Gasteiger partial charge in [0, 0.05) is 25.6 Å². The van der Waals surface area contributed by atoms with Crippen molar-refractivity contribution >= 4 is 11.5 Å². The van der Waals surface area contributed by atoms with Crippen LogP contribution in [0, 0.1) is 12.8 Å². The highest BCUT2D eigenvalue weighted by molar-refractivity contribution is 5.86. The molecule has 0 aromatic heterocycles. The first-order chi connectivity index (χ1) is 11.7. The van der Waals surface area contributed by atoms with Crippen molar-refractivity contribution in [3.63, 3.8) is 0 Å². The maximum Gasteiger partial charge on any atom is 0.416 e. The molecule has 0 saturated carbocycles. The van der Waals surface area contributed by atoms with Gasteiger partial charge < -0.3 is 10.5 Å². The summed E-state index contributed by atoms with van der Waals surface area (Å²) in [6.45, 7) is 8.58. The normalized spacial score (nSPS) is 18.4. The van der Waals surface area contributed by atoms with E-state index in [1.807, 2.05) is 13.8 Å². The Hall–Kier alpha value is -1.60. The Labute approximate surface area is 146 Å². The molecule has 0 amide bonds. The van der Waals surface area contributed by atoms with Crippen LogP contribution in [0.5, 0.6) is 0 Å². The number of aliphatic imine (C=N–C) groups is 1. The number of hydrogen-bond acceptors (Lipinski definition) is 3. The number of nitrogens with zero attached hydrogens (tertiary/aromatic N) is 2. The summed E-state index contributed by atoms with van der Waals surface area (Å²) in [6.07, 6.45) is -3.55. The number of alkyl halides is 3. The summed E-state index contributed by atoms with van der Waals surface area (Å²) in [5.74, 6) is 0.534. The average Bonchev–Trinajstić information content (AvgIpc) is 2.56. The maximum absolute atomic E-state index is 13.2. The van der Waals surface area contributed by atoms with Gasteiger partial charge in [-0.1, -0.05) is 13.8 Å². The lowest BCUT2D eigenvalue weighted by Crippen LogP contribution is -2.35. The zero-order valence-electron chi connectivity index (χ0n) is 15.0. The van der Waals surface area contributed by atoms with Crippen LogP contribution in [0.2, 0.25) is 0 Å². The molecule has 0 radical (unpaired) electrons. The Morgan fingerprint density at radius 1 is 1.32 bits per heavy atom. The molecule has 4 nitrogen and oxygen atoms in total. The summed E-state index contributed by atoms with van der Waals surface area (Å²) >= 11 is 0. The largest absolute Gasteiger partial charge is 0.416 e. The SMILES string of the molecule is CCC(C)C(N)=Nc1c(C)cc(C(F)(F)F)cc1CN1CCOCC1. The summed E-state index contributed by atoms with van der Waals surface area (Å²) in [5, 5.41) is 0. The number of aryl methyl sites for hydroxylation is 1. The molecular formula is C18H26F3N3O. The van der Waals surface area contributed by atoms with Gasteiger partial charge in [-0.2, -0.15) is 13.2 Å². The summed E-state index contributed by atoms with van der Waals surface area (Å²) in [7, 11) is 0. The molecule has 1 aromatic carbocycles. The van der Waals surface area contributed by atoms with Gasteiger partial charge in [0.05, 0.1) is 24.5 Å². The number of hydrogen-bond donors (Lipinski definition) is 1. The molecule has 0 spiro atoms. The molecule has 140 valence electrons. The smallest absolute Gasteiger partial charge is 0.387 e. The minimum Gasteiger partial charge on any atom is -0.387 e. The number of morpholine rings is 1. The van der Waals surface area contributed by atoms with Gasteiger partial charge in [0.25, 0.3) is 0 Å². The Morgan fingerprint density at radius 2 is 1.96 bits per heavy atom. The molecule has 1 saturated heterocycles. The quantitative estimate of drug-likeness (QED) is 0.643. The number of benzene rings is 1. The summed E-state index contributed by atoms with van der Waals surface area (Å²) in [4.78, 5) is 6.57. The molecule has 2 rings (SSSR count). The number of halogens is 3. The molecule has 1 fully saturated rings. The Balaban J connectivity index is 2.44. The zero-order chi connectivity index (χ0) is 18.6. The van der Waals surface area contributed by atoms with Crippen molar-refractivity contribution in [3.8, 4) is 0 Å². The molecule has 7 heteroatoms. The maximum atomic E-state index is 13.2. The predicted octanol–water partition coefficient (Wildman–Crippen LogP) is 3.88. The monoisotopic (exact) mass is 357 g/mol. The van der Waals surface area contributed by atoms with E-state index >= 15 is 0 Å². The fourth-order valence-corrected chi connectivity index (χ4v) is 2.75. The molecule has 25 heavy (non-hydrogen) atoms. The molecule has 1 unspecified atom stereocenters. The first kappa shape index (κ1) is 19.7. The Kier molecular flexibility index (Phi) is 6.46. The molecule has 0 aliphatic carbocycles. The fraction of sp³-hybridized carbons (Fsp3) is 0.611. The van der Waals surface area contributed by atoms with E-state index in [4.69, 9.17) is 10.5 Å². The van der Waals surface area contributed by atoms with Crippen molar-refractivity contribution in [1.29, 1.82) is 0 Å². The topological polar surface area (TPSA) is 50.8 Å². The van der Waals surface area contributed by atoms with Crippen molar-refractivity contribution < 1.29 is 17.9 Å². The van der Waals surface area contributed by atoms with Crippen LogP contribution < -0.4 is 5.73 Å². The van der Waals surface area contributed by atoms with Gasteiger partial charge in [-0.3, -0.25) is 4.90 Å². The van der Waals surface area contributed by atoms with E-state index < -0.39 is 11.7 Å². The minimum absolute atomic E-state index is 0.0814. The highest BCUT2D eigenvalue weighted by Crippen LogP contribution is 2.36. The van der Waals surface area contributed by atoms with Crippen LogP contribution in [-0.2, 0) is 17.5 Å². The first-order valence-corrected chi connectivity index (χ1v) is 8.57. The van der Waals surface area contributed by atoms with Gasteiger partial charge in [0.15, 0.2) is 0 Å². The van der Waals surface area contributed by atoms with Gasteiger partial charge in [0.2, 0.25) is 0 Å². The number of nitrogens with two attached hydrogens (primary N) is 1. The lowest BCUT2D eigenvalue weighted by atomic mass is 10.0. The lowest BCUT2D eigenvalue weighted by Gasteiger charge is -2.27. The van der Waals surface area contributed by atoms with E-state index in [-0.39, 0.29) is 5.92 Å². The van der Waals surface area contributed by atoms with Gasteiger partial charge in [0.1, 0.15) is 5.84 Å². The van der Waals surface area contributed by atoms with Gasteiger partial charge in [-0.15, -0.1) is 0 Å². The molecule has 1 aromatic rings. The molecule has 1 aliphatic rings. The van der Waals surface area contributed by atoms with Gasteiger partial charge >= 0.3 is 6.18 Å². The van der Waals surface area contributed by atoms with Crippen molar-refractivity contribution in [2.24, 2.45) is 16.6 Å². The summed E-state index contributed by atoms with van der Waals surface area (Å²) in [6, 6.07) is 2.34. The van der Waals surface area contributed by atoms with E-state index in [0.717, 1.165) is 12.5 Å². The van der Waals surface area contributed by atoms with E-state index in [1.165, 1.54) is 6.07 Å². The van der Waals surface area contributed by atoms with Crippen LogP contribution >= 0.6 is 0 Å². The molecule has 1 aliphatic heterocycles. The van der Waals surface area contributed by atoms with Crippen molar-refractivity contribution in [2.75, 3.05) is 26.3 Å². The Morgan fingerprint density at radius 3 is 2.52 bits per heavy atom. The van der Waals surface area contributed by atoms with Crippen LogP contribution in [0.25, 0.3) is 0 Å². The van der Waals surface area contributed by atoms with Gasteiger partial charge in [-0.05, 0) is 36.6 Å². The predicted molar refractivity (Wildman–Crippen MR) is 93.0 cm³/mol. The number of amidine groups is 1. The molecule has 1 heterocycles. The number of ether oxygens (including phenoxy) is 1. The third kappa shape index (κ3) is 5.19. The highest BCUT2D eigenvalue weighted by atomic mass is 19.4. The van der Waals surface area contributed by atoms with Crippen LogP contribution in [0.4, 0.5) is 18.9 Å². The first-order valence-electron chi connectivity index (χ1n) is 8.57. The van der Waals surface area contributed by atoms with Gasteiger partial charge in [-0.25, -0.2) is 4.99 Å². The van der Waals surface area contributed by atoms with Crippen molar-refractivity contribution in [2.45, 2.75) is 39.9 Å². The Bertz CT molecular complexity index is 623. The fourth-order valence-electron chi connectivity index (χ4n) is 2.75. The van der Waals surface area contributed by atoms with E-state index in [0.29, 0.717) is 55.5 Å². The van der Waals surface area contributed by atoms with Crippen LogP contribution in [0.3, 0.4) is 0 Å². The van der Waals surface area contributed by atoms with Crippen molar-refractivity contribution in [1.82, 2.24) is 4.90 Å². The second-order valence-corrected chi connectivity index (χ2v) is 6.53. The van der Waals surface area contributed by atoms with E-state index in [1.54, 1.807) is 6.92 Å². The summed E-state index contributed by atoms with van der Waals surface area (Å²) < 4.78 is 44.9.